The molecular formula is C17H22FN5O2. The van der Waals surface area contributed by atoms with Gasteiger partial charge in [-0.25, -0.2) is 4.39 Å². The molecule has 2 aromatic rings. The highest BCUT2D eigenvalue weighted by atomic mass is 19.1. The van der Waals surface area contributed by atoms with Crippen molar-refractivity contribution in [3.8, 4) is 0 Å². The summed E-state index contributed by atoms with van der Waals surface area (Å²) in [4.78, 5) is 14.9. The number of halogens is 1. The van der Waals surface area contributed by atoms with Crippen LogP contribution in [0.5, 0.6) is 0 Å². The number of benzene rings is 1. The fraction of sp³-hybridized carbons (Fsp3) is 0.471. The van der Waals surface area contributed by atoms with Crippen molar-refractivity contribution < 1.29 is 9.31 Å². The zero-order chi connectivity index (χ0) is 17.6. The summed E-state index contributed by atoms with van der Waals surface area (Å²) in [5.74, 6) is -0.149. The maximum atomic E-state index is 13.8. The van der Waals surface area contributed by atoms with Crippen LogP contribution in [0.1, 0.15) is 12.0 Å². The Morgan fingerprint density at radius 2 is 1.88 bits per heavy atom. The molecule has 1 aromatic heterocycles. The van der Waals surface area contributed by atoms with Crippen LogP contribution in [0.3, 0.4) is 0 Å². The van der Waals surface area contributed by atoms with Crippen LogP contribution in [-0.2, 0) is 13.1 Å². The van der Waals surface area contributed by atoms with E-state index in [1.165, 1.54) is 18.5 Å². The molecule has 25 heavy (non-hydrogen) atoms. The predicted octanol–water partition coefficient (Wildman–Crippen LogP) is 2.14. The quantitative estimate of drug-likeness (QED) is 0.592. The molecule has 1 saturated heterocycles. The van der Waals surface area contributed by atoms with Gasteiger partial charge in [0, 0.05) is 31.7 Å². The zero-order valence-corrected chi connectivity index (χ0v) is 14.1. The zero-order valence-electron chi connectivity index (χ0n) is 14.1. The largest absolute Gasteiger partial charge is 0.306 e. The molecule has 1 aliphatic rings. The molecule has 0 saturated carbocycles. The first kappa shape index (κ1) is 17.5. The van der Waals surface area contributed by atoms with Crippen LogP contribution in [-0.4, -0.2) is 57.2 Å². The van der Waals surface area contributed by atoms with Crippen LogP contribution in [0.15, 0.2) is 36.7 Å². The molecule has 0 amide bonds. The van der Waals surface area contributed by atoms with Crippen molar-refractivity contribution in [2.45, 2.75) is 19.5 Å². The second-order valence-corrected chi connectivity index (χ2v) is 6.28. The van der Waals surface area contributed by atoms with Crippen molar-refractivity contribution in [3.05, 3.63) is 58.2 Å². The first-order valence-corrected chi connectivity index (χ1v) is 8.47. The van der Waals surface area contributed by atoms with E-state index in [1.54, 1.807) is 10.7 Å². The Kier molecular flexibility index (Phi) is 5.72. The first-order chi connectivity index (χ1) is 12.1. The van der Waals surface area contributed by atoms with Crippen LogP contribution in [0.2, 0.25) is 0 Å². The van der Waals surface area contributed by atoms with Gasteiger partial charge in [0.05, 0.1) is 11.5 Å². The third-order valence-corrected chi connectivity index (χ3v) is 4.51. The van der Waals surface area contributed by atoms with Gasteiger partial charge in [-0.05, 0) is 25.6 Å². The van der Waals surface area contributed by atoms with E-state index >= 15 is 0 Å². The lowest BCUT2D eigenvalue weighted by Crippen LogP contribution is -2.32. The molecule has 7 nitrogen and oxygen atoms in total. The Morgan fingerprint density at radius 1 is 1.12 bits per heavy atom. The topological polar surface area (TPSA) is 67.4 Å². The second-order valence-electron chi connectivity index (χ2n) is 6.28. The van der Waals surface area contributed by atoms with Crippen molar-refractivity contribution in [3.63, 3.8) is 0 Å². The van der Waals surface area contributed by atoms with E-state index in [0.717, 1.165) is 44.7 Å². The number of rotatable bonds is 6. The Hall–Kier alpha value is -2.32. The Bertz CT molecular complexity index is 721. The Balaban J connectivity index is 1.48. The fourth-order valence-corrected chi connectivity index (χ4v) is 3.09. The third-order valence-electron chi connectivity index (χ3n) is 4.51. The molecule has 0 aliphatic carbocycles. The van der Waals surface area contributed by atoms with Crippen LogP contribution in [0.4, 0.5) is 10.1 Å². The van der Waals surface area contributed by atoms with Gasteiger partial charge in [0.1, 0.15) is 18.2 Å². The predicted molar refractivity (Wildman–Crippen MR) is 91.6 cm³/mol. The minimum absolute atomic E-state index is 0.0203. The van der Waals surface area contributed by atoms with Crippen molar-refractivity contribution in [1.82, 2.24) is 19.6 Å². The number of nitrogens with zero attached hydrogens (tertiary/aromatic N) is 5. The lowest BCUT2D eigenvalue weighted by molar-refractivity contribution is -0.385. The Labute approximate surface area is 145 Å². The van der Waals surface area contributed by atoms with Crippen molar-refractivity contribution >= 4 is 5.69 Å². The average molecular weight is 347 g/mol. The normalized spacial score (nSPS) is 16.7. The highest BCUT2D eigenvalue weighted by Crippen LogP contribution is 2.13. The van der Waals surface area contributed by atoms with E-state index in [0.29, 0.717) is 13.1 Å². The molecular weight excluding hydrogens is 325 g/mol. The van der Waals surface area contributed by atoms with E-state index < -0.39 is 4.92 Å². The van der Waals surface area contributed by atoms with E-state index in [4.69, 9.17) is 0 Å². The van der Waals surface area contributed by atoms with Crippen LogP contribution >= 0.6 is 0 Å². The monoisotopic (exact) mass is 347 g/mol. The number of aromatic nitrogens is 2. The van der Waals surface area contributed by atoms with Gasteiger partial charge in [-0.1, -0.05) is 18.2 Å². The summed E-state index contributed by atoms with van der Waals surface area (Å²) in [5, 5.41) is 14.7. The maximum absolute atomic E-state index is 13.8. The highest BCUT2D eigenvalue weighted by Gasteiger charge is 2.16. The SMILES string of the molecule is O=[N+]([O-])c1cnn(CCN2CCCN(Cc3ccccc3F)CC2)c1. The Morgan fingerprint density at radius 3 is 2.64 bits per heavy atom. The van der Waals surface area contributed by atoms with E-state index in [2.05, 4.69) is 14.9 Å². The molecule has 1 fully saturated rings. The lowest BCUT2D eigenvalue weighted by Gasteiger charge is -2.22. The maximum Gasteiger partial charge on any atom is 0.306 e. The van der Waals surface area contributed by atoms with Gasteiger partial charge in [-0.15, -0.1) is 0 Å². The minimum atomic E-state index is -0.434. The summed E-state index contributed by atoms with van der Waals surface area (Å²) in [6.45, 7) is 5.75. The van der Waals surface area contributed by atoms with Crippen LogP contribution < -0.4 is 0 Å². The summed E-state index contributed by atoms with van der Waals surface area (Å²) in [7, 11) is 0. The summed E-state index contributed by atoms with van der Waals surface area (Å²) in [5.41, 5.74) is 0.756. The van der Waals surface area contributed by atoms with Gasteiger partial charge >= 0.3 is 5.69 Å². The molecule has 0 bridgehead atoms. The van der Waals surface area contributed by atoms with Gasteiger partial charge in [0.25, 0.3) is 0 Å². The summed E-state index contributed by atoms with van der Waals surface area (Å²) < 4.78 is 15.4. The molecule has 134 valence electrons. The molecule has 3 rings (SSSR count). The summed E-state index contributed by atoms with van der Waals surface area (Å²) >= 11 is 0. The van der Waals surface area contributed by atoms with Crippen molar-refractivity contribution in [2.24, 2.45) is 0 Å². The van der Waals surface area contributed by atoms with Crippen LogP contribution in [0, 0.1) is 15.9 Å². The number of hydrogen-bond acceptors (Lipinski definition) is 5. The molecule has 2 heterocycles. The second kappa shape index (κ2) is 8.17. The summed E-state index contributed by atoms with van der Waals surface area (Å²) in [6, 6.07) is 6.92. The van der Waals surface area contributed by atoms with E-state index in [9.17, 15) is 14.5 Å². The molecule has 1 aromatic carbocycles. The fourth-order valence-electron chi connectivity index (χ4n) is 3.09. The van der Waals surface area contributed by atoms with Gasteiger partial charge in [0.2, 0.25) is 0 Å². The van der Waals surface area contributed by atoms with Crippen LogP contribution in [0.25, 0.3) is 0 Å². The molecule has 0 atom stereocenters. The van der Waals surface area contributed by atoms with Gasteiger partial charge in [-0.2, -0.15) is 5.10 Å². The standard InChI is InChI=1S/C17H22FN5O2/c18-17-5-2-1-4-15(17)13-21-7-3-6-20(8-9-21)10-11-22-14-16(12-19-22)23(24)25/h1-2,4-5,12,14H,3,6-11,13H2. The smallest absolute Gasteiger partial charge is 0.300 e. The first-order valence-electron chi connectivity index (χ1n) is 8.47. The highest BCUT2D eigenvalue weighted by molar-refractivity contribution is 5.20. The molecule has 0 radical (unpaired) electrons. The molecule has 0 N–H and O–H groups in total. The molecule has 1 aliphatic heterocycles. The molecule has 8 heteroatoms. The molecule has 0 spiro atoms. The van der Waals surface area contributed by atoms with Crippen molar-refractivity contribution in [1.29, 1.82) is 0 Å². The summed E-state index contributed by atoms with van der Waals surface area (Å²) in [6.07, 6.45) is 3.76. The minimum Gasteiger partial charge on any atom is -0.300 e. The van der Waals surface area contributed by atoms with E-state index in [-0.39, 0.29) is 11.5 Å². The van der Waals surface area contributed by atoms with Gasteiger partial charge in [0.15, 0.2) is 0 Å². The van der Waals surface area contributed by atoms with E-state index in [1.807, 2.05) is 12.1 Å². The number of hydrogen-bond donors (Lipinski definition) is 0. The molecule has 0 unspecified atom stereocenters. The van der Waals surface area contributed by atoms with Gasteiger partial charge < -0.3 is 4.90 Å². The van der Waals surface area contributed by atoms with Crippen molar-refractivity contribution in [2.75, 3.05) is 32.7 Å². The average Bonchev–Trinajstić information content (AvgIpc) is 2.97. The van der Waals surface area contributed by atoms with Gasteiger partial charge in [-0.3, -0.25) is 19.7 Å². The third kappa shape index (κ3) is 4.83. The number of nitro groups is 1. The lowest BCUT2D eigenvalue weighted by atomic mass is 10.2.